The van der Waals surface area contributed by atoms with Gasteiger partial charge in [0.25, 0.3) is 0 Å². The van der Waals surface area contributed by atoms with Crippen LogP contribution >= 0.6 is 0 Å². The molecule has 1 saturated carbocycles. The third-order valence-corrected chi connectivity index (χ3v) is 6.77. The van der Waals surface area contributed by atoms with Crippen molar-refractivity contribution in [2.45, 2.75) is 63.4 Å². The lowest BCUT2D eigenvalue weighted by Gasteiger charge is -2.36. The van der Waals surface area contributed by atoms with E-state index in [-0.39, 0.29) is 61.0 Å². The molecule has 1 fully saturated rings. The molecule has 0 saturated heterocycles. The second kappa shape index (κ2) is 10.2. The van der Waals surface area contributed by atoms with Crippen molar-refractivity contribution in [1.29, 1.82) is 0 Å². The van der Waals surface area contributed by atoms with E-state index in [1.807, 2.05) is 0 Å². The van der Waals surface area contributed by atoms with Gasteiger partial charge in [-0.15, -0.1) is 0 Å². The van der Waals surface area contributed by atoms with Crippen molar-refractivity contribution < 1.29 is 33.0 Å². The Labute approximate surface area is 201 Å². The van der Waals surface area contributed by atoms with E-state index < -0.39 is 17.8 Å². The minimum atomic E-state index is -4.52. The highest BCUT2D eigenvalue weighted by molar-refractivity contribution is 5.88. The number of hydrogen-bond acceptors (Lipinski definition) is 5. The van der Waals surface area contributed by atoms with E-state index in [0.717, 1.165) is 29.8 Å². The molecule has 3 N–H and O–H groups in total. The molecular formula is C25H28F3N3O4. The number of pyridine rings is 1. The van der Waals surface area contributed by atoms with Gasteiger partial charge in [0.1, 0.15) is 11.8 Å². The van der Waals surface area contributed by atoms with Crippen LogP contribution in [-0.4, -0.2) is 50.6 Å². The number of aliphatic hydroxyl groups excluding tert-OH is 1. The van der Waals surface area contributed by atoms with Crippen LogP contribution < -0.4 is 5.32 Å². The molecule has 188 valence electrons. The number of hydrogen-bond donors (Lipinski definition) is 3. The number of phenols is 1. The molecule has 2 heterocycles. The fourth-order valence-corrected chi connectivity index (χ4v) is 4.84. The van der Waals surface area contributed by atoms with Gasteiger partial charge in [-0.2, -0.15) is 13.2 Å². The summed E-state index contributed by atoms with van der Waals surface area (Å²) in [4.78, 5) is 31.4. The molecule has 3 atom stereocenters. The third kappa shape index (κ3) is 6.11. The average Bonchev–Trinajstić information content (AvgIpc) is 3.24. The summed E-state index contributed by atoms with van der Waals surface area (Å²) in [5.41, 5.74) is 0.993. The van der Waals surface area contributed by atoms with Crippen molar-refractivity contribution >= 4 is 11.8 Å². The Morgan fingerprint density at radius 3 is 2.66 bits per heavy atom. The van der Waals surface area contributed by atoms with Gasteiger partial charge in [0.2, 0.25) is 11.8 Å². The zero-order valence-electron chi connectivity index (χ0n) is 19.1. The first-order valence-electron chi connectivity index (χ1n) is 11.7. The van der Waals surface area contributed by atoms with Crippen LogP contribution in [-0.2, 0) is 35.2 Å². The molecule has 1 aliphatic heterocycles. The highest BCUT2D eigenvalue weighted by Gasteiger charge is 2.35. The van der Waals surface area contributed by atoms with Crippen molar-refractivity contribution in [3.8, 4) is 5.75 Å². The number of carbonyl (C=O) groups is 2. The van der Waals surface area contributed by atoms with Crippen LogP contribution in [0.3, 0.4) is 0 Å². The number of nitrogens with one attached hydrogen (secondary N) is 1. The maximum absolute atomic E-state index is 13.2. The number of aromatic hydroxyl groups is 1. The Morgan fingerprint density at radius 2 is 1.94 bits per heavy atom. The first-order valence-corrected chi connectivity index (χ1v) is 11.7. The zero-order chi connectivity index (χ0) is 25.2. The van der Waals surface area contributed by atoms with Crippen LogP contribution in [0.2, 0.25) is 0 Å². The minimum absolute atomic E-state index is 0.0585. The normalized spacial score (nSPS) is 22.1. The van der Waals surface area contributed by atoms with E-state index >= 15 is 0 Å². The number of fused-ring (bicyclic) bond motifs is 1. The largest absolute Gasteiger partial charge is 0.508 e. The Hall–Kier alpha value is -3.14. The molecule has 2 amide bonds. The molecule has 3 unspecified atom stereocenters. The molecule has 4 rings (SSSR count). The van der Waals surface area contributed by atoms with Crippen LogP contribution in [0.1, 0.15) is 47.9 Å². The van der Waals surface area contributed by atoms with E-state index in [9.17, 15) is 33.0 Å². The monoisotopic (exact) mass is 491 g/mol. The standard InChI is InChI=1S/C25H28F3N3O4/c26-25(27,28)19-7-15(11-29-13-19)2-6-23(34)31-14-17-3-5-21(33)9-18(17)10-22(31)24(35)30-12-16-1-4-20(32)8-16/h3,5,7,9,11,13,16,20,22,32-33H,1-2,4,6,8,10,12,14H2,(H,30,35). The highest BCUT2D eigenvalue weighted by atomic mass is 19.4. The highest BCUT2D eigenvalue weighted by Crippen LogP contribution is 2.30. The summed E-state index contributed by atoms with van der Waals surface area (Å²) in [6, 6.07) is 4.98. The van der Waals surface area contributed by atoms with Crippen LogP contribution in [0.5, 0.6) is 5.75 Å². The summed E-state index contributed by atoms with van der Waals surface area (Å²) in [6.45, 7) is 0.562. The summed E-state index contributed by atoms with van der Waals surface area (Å²) in [6.07, 6.45) is -0.490. The number of phenolic OH excluding ortho intramolecular Hbond substituents is 1. The van der Waals surface area contributed by atoms with Crippen molar-refractivity contribution in [3.63, 3.8) is 0 Å². The smallest absolute Gasteiger partial charge is 0.417 e. The zero-order valence-corrected chi connectivity index (χ0v) is 19.1. The van der Waals surface area contributed by atoms with Crippen molar-refractivity contribution in [1.82, 2.24) is 15.2 Å². The molecule has 2 aromatic rings. The maximum atomic E-state index is 13.2. The van der Waals surface area contributed by atoms with Gasteiger partial charge in [0.15, 0.2) is 0 Å². The average molecular weight is 492 g/mol. The van der Waals surface area contributed by atoms with E-state index in [2.05, 4.69) is 10.3 Å². The minimum Gasteiger partial charge on any atom is -0.508 e. The van der Waals surface area contributed by atoms with Gasteiger partial charge in [0, 0.05) is 38.3 Å². The van der Waals surface area contributed by atoms with Gasteiger partial charge in [-0.25, -0.2) is 0 Å². The molecule has 2 aliphatic rings. The first kappa shape index (κ1) is 25.0. The van der Waals surface area contributed by atoms with E-state index in [1.165, 1.54) is 17.2 Å². The van der Waals surface area contributed by atoms with Gasteiger partial charge in [-0.3, -0.25) is 14.6 Å². The lowest BCUT2D eigenvalue weighted by atomic mass is 9.92. The number of alkyl halides is 3. The molecule has 1 aliphatic carbocycles. The number of aromatic nitrogens is 1. The molecular weight excluding hydrogens is 463 g/mol. The summed E-state index contributed by atoms with van der Waals surface area (Å²) in [5, 5.41) is 22.5. The van der Waals surface area contributed by atoms with Gasteiger partial charge in [-0.05, 0) is 66.5 Å². The Balaban J connectivity index is 1.47. The first-order chi connectivity index (χ1) is 16.6. The van der Waals surface area contributed by atoms with Crippen molar-refractivity contribution in [2.24, 2.45) is 5.92 Å². The SMILES string of the molecule is O=C(NCC1CCC(O)C1)C1Cc2cc(O)ccc2CN1C(=O)CCc1cncc(C(F)(F)F)c1. The number of halogens is 3. The fourth-order valence-electron chi connectivity index (χ4n) is 4.84. The van der Waals surface area contributed by atoms with Crippen LogP contribution in [0, 0.1) is 5.92 Å². The Bertz CT molecular complexity index is 1090. The second-order valence-electron chi connectivity index (χ2n) is 9.35. The van der Waals surface area contributed by atoms with Gasteiger partial charge in [0.05, 0.1) is 11.7 Å². The van der Waals surface area contributed by atoms with E-state index in [4.69, 9.17) is 0 Å². The number of benzene rings is 1. The molecule has 0 spiro atoms. The van der Waals surface area contributed by atoms with Gasteiger partial charge < -0.3 is 20.4 Å². The number of rotatable bonds is 6. The van der Waals surface area contributed by atoms with Crippen molar-refractivity contribution in [2.75, 3.05) is 6.54 Å². The Kier molecular flexibility index (Phi) is 7.30. The predicted octanol–water partition coefficient (Wildman–Crippen LogP) is 2.97. The Morgan fingerprint density at radius 1 is 1.14 bits per heavy atom. The summed E-state index contributed by atoms with van der Waals surface area (Å²) in [5.74, 6) is -0.432. The summed E-state index contributed by atoms with van der Waals surface area (Å²) in [7, 11) is 0. The van der Waals surface area contributed by atoms with Crippen molar-refractivity contribution in [3.05, 3.63) is 58.9 Å². The summed E-state index contributed by atoms with van der Waals surface area (Å²) >= 11 is 0. The molecule has 0 bridgehead atoms. The second-order valence-corrected chi connectivity index (χ2v) is 9.35. The quantitative estimate of drug-likeness (QED) is 0.577. The maximum Gasteiger partial charge on any atom is 0.417 e. The van der Waals surface area contributed by atoms with Crippen LogP contribution in [0.4, 0.5) is 13.2 Å². The van der Waals surface area contributed by atoms with Crippen LogP contribution in [0.15, 0.2) is 36.7 Å². The lowest BCUT2D eigenvalue weighted by Crippen LogP contribution is -2.53. The van der Waals surface area contributed by atoms with Crippen LogP contribution in [0.25, 0.3) is 0 Å². The van der Waals surface area contributed by atoms with E-state index in [1.54, 1.807) is 12.1 Å². The number of nitrogens with zero attached hydrogens (tertiary/aromatic N) is 2. The third-order valence-electron chi connectivity index (χ3n) is 6.77. The predicted molar refractivity (Wildman–Crippen MR) is 120 cm³/mol. The van der Waals surface area contributed by atoms with Gasteiger partial charge >= 0.3 is 6.18 Å². The number of aliphatic hydroxyl groups is 1. The molecule has 7 nitrogen and oxygen atoms in total. The van der Waals surface area contributed by atoms with E-state index in [0.29, 0.717) is 19.4 Å². The topological polar surface area (TPSA) is 103 Å². The number of amides is 2. The van der Waals surface area contributed by atoms with Gasteiger partial charge in [-0.1, -0.05) is 6.07 Å². The fraction of sp³-hybridized carbons (Fsp3) is 0.480. The number of aryl methyl sites for hydroxylation is 1. The molecule has 10 heteroatoms. The molecule has 0 radical (unpaired) electrons. The lowest BCUT2D eigenvalue weighted by molar-refractivity contribution is -0.141. The summed E-state index contributed by atoms with van der Waals surface area (Å²) < 4.78 is 38.9. The number of carbonyl (C=O) groups excluding carboxylic acids is 2. The molecule has 1 aromatic heterocycles. The molecule has 1 aromatic carbocycles. The molecule has 35 heavy (non-hydrogen) atoms.